The van der Waals surface area contributed by atoms with Crippen molar-refractivity contribution in [3.8, 4) is 17.6 Å². The average molecular weight is 509 g/mol. The molecule has 1 N–H and O–H groups in total. The number of nitro groups is 1. The first-order chi connectivity index (χ1) is 15.8. The standard InChI is InChI=1S/C24H17BrN2O6/c1-32-22-12-16(10-19(13-26)17-5-7-20(8-6-17)27(30)31)11-21(25)23(22)33-14-15-3-2-4-18(9-15)24(28)29/h2-12H,14H2,1H3,(H,28,29)/b19-10-. The van der Waals surface area contributed by atoms with Crippen LogP contribution in [0, 0.1) is 21.4 Å². The Morgan fingerprint density at radius 3 is 2.52 bits per heavy atom. The Morgan fingerprint density at radius 1 is 1.18 bits per heavy atom. The van der Waals surface area contributed by atoms with Crippen LogP contribution in [0.2, 0.25) is 0 Å². The molecule has 3 aromatic rings. The third kappa shape index (κ3) is 5.75. The topological polar surface area (TPSA) is 123 Å². The summed E-state index contributed by atoms with van der Waals surface area (Å²) in [5, 5.41) is 29.6. The molecule has 9 heteroatoms. The summed E-state index contributed by atoms with van der Waals surface area (Å²) in [6, 6.07) is 17.7. The van der Waals surface area contributed by atoms with Crippen LogP contribution in [0.4, 0.5) is 5.69 Å². The van der Waals surface area contributed by atoms with E-state index in [-0.39, 0.29) is 17.9 Å². The molecule has 0 saturated heterocycles. The summed E-state index contributed by atoms with van der Waals surface area (Å²) in [5.74, 6) is -0.191. The lowest BCUT2D eigenvalue weighted by Gasteiger charge is -2.14. The summed E-state index contributed by atoms with van der Waals surface area (Å²) in [6.45, 7) is 0.123. The van der Waals surface area contributed by atoms with Gasteiger partial charge in [-0.25, -0.2) is 4.79 Å². The molecule has 0 spiro atoms. The highest BCUT2D eigenvalue weighted by Crippen LogP contribution is 2.38. The van der Waals surface area contributed by atoms with E-state index in [0.717, 1.165) is 0 Å². The number of hydrogen-bond donors (Lipinski definition) is 1. The van der Waals surface area contributed by atoms with Gasteiger partial charge in [-0.05, 0) is 75.1 Å². The number of aromatic carboxylic acids is 1. The average Bonchev–Trinajstić information content (AvgIpc) is 2.81. The van der Waals surface area contributed by atoms with Crippen molar-refractivity contribution in [3.63, 3.8) is 0 Å². The van der Waals surface area contributed by atoms with E-state index in [1.165, 1.54) is 43.5 Å². The molecular formula is C24H17BrN2O6. The van der Waals surface area contributed by atoms with E-state index in [4.69, 9.17) is 14.6 Å². The molecule has 8 nitrogen and oxygen atoms in total. The molecule has 0 atom stereocenters. The van der Waals surface area contributed by atoms with Gasteiger partial charge in [-0.15, -0.1) is 0 Å². The van der Waals surface area contributed by atoms with Gasteiger partial charge >= 0.3 is 5.97 Å². The summed E-state index contributed by atoms with van der Waals surface area (Å²) in [7, 11) is 1.48. The molecule has 166 valence electrons. The fourth-order valence-electron chi connectivity index (χ4n) is 3.02. The molecule has 3 aromatic carbocycles. The van der Waals surface area contributed by atoms with Crippen molar-refractivity contribution >= 4 is 39.2 Å². The predicted molar refractivity (Wildman–Crippen MR) is 125 cm³/mol. The van der Waals surface area contributed by atoms with E-state index in [2.05, 4.69) is 22.0 Å². The van der Waals surface area contributed by atoms with Crippen LogP contribution in [0.5, 0.6) is 11.5 Å². The molecular weight excluding hydrogens is 492 g/mol. The molecule has 0 saturated carbocycles. The highest BCUT2D eigenvalue weighted by molar-refractivity contribution is 9.10. The van der Waals surface area contributed by atoms with Gasteiger partial charge in [0.1, 0.15) is 6.61 Å². The maximum absolute atomic E-state index is 11.2. The lowest BCUT2D eigenvalue weighted by Crippen LogP contribution is -2.02. The molecule has 0 bridgehead atoms. The molecule has 0 radical (unpaired) electrons. The van der Waals surface area contributed by atoms with Crippen LogP contribution in [-0.4, -0.2) is 23.1 Å². The Morgan fingerprint density at radius 2 is 1.91 bits per heavy atom. The Hall–Kier alpha value is -4.16. The molecule has 0 heterocycles. The summed E-state index contributed by atoms with van der Waals surface area (Å²) < 4.78 is 11.9. The van der Waals surface area contributed by atoms with Crippen molar-refractivity contribution in [3.05, 3.63) is 97.5 Å². The van der Waals surface area contributed by atoms with Gasteiger partial charge in [-0.2, -0.15) is 5.26 Å². The number of carbonyl (C=O) groups is 1. The summed E-state index contributed by atoms with van der Waals surface area (Å²) in [4.78, 5) is 21.5. The van der Waals surface area contributed by atoms with E-state index < -0.39 is 10.9 Å². The Balaban J connectivity index is 1.87. The highest BCUT2D eigenvalue weighted by atomic mass is 79.9. The lowest BCUT2D eigenvalue weighted by molar-refractivity contribution is -0.384. The summed E-state index contributed by atoms with van der Waals surface area (Å²) in [5.41, 5.74) is 2.29. The van der Waals surface area contributed by atoms with Gasteiger partial charge in [-0.1, -0.05) is 12.1 Å². The SMILES string of the molecule is COc1cc(/C=C(/C#N)c2ccc([N+](=O)[O-])cc2)cc(Br)c1OCc1cccc(C(=O)O)c1. The molecule has 0 fully saturated rings. The minimum Gasteiger partial charge on any atom is -0.493 e. The molecule has 0 aliphatic rings. The highest BCUT2D eigenvalue weighted by Gasteiger charge is 2.13. The number of carboxylic acids is 1. The number of ether oxygens (including phenoxy) is 2. The smallest absolute Gasteiger partial charge is 0.335 e. The van der Waals surface area contributed by atoms with Gasteiger partial charge in [0.05, 0.1) is 33.7 Å². The minimum absolute atomic E-state index is 0.0594. The summed E-state index contributed by atoms with van der Waals surface area (Å²) in [6.07, 6.45) is 1.63. The van der Waals surface area contributed by atoms with Crippen molar-refractivity contribution in [1.29, 1.82) is 5.26 Å². The molecule has 0 aliphatic carbocycles. The number of allylic oxidation sites excluding steroid dienone is 1. The van der Waals surface area contributed by atoms with Gasteiger partial charge in [0.15, 0.2) is 11.5 Å². The zero-order valence-electron chi connectivity index (χ0n) is 17.3. The molecule has 3 rings (SSSR count). The Labute approximate surface area is 197 Å². The summed E-state index contributed by atoms with van der Waals surface area (Å²) >= 11 is 3.46. The monoisotopic (exact) mass is 508 g/mol. The number of methoxy groups -OCH3 is 1. The third-order valence-electron chi connectivity index (χ3n) is 4.63. The first kappa shape index (κ1) is 23.5. The number of rotatable bonds is 8. The maximum atomic E-state index is 11.2. The molecule has 33 heavy (non-hydrogen) atoms. The van der Waals surface area contributed by atoms with E-state index in [1.54, 1.807) is 30.3 Å². The first-order valence-corrected chi connectivity index (χ1v) is 10.3. The van der Waals surface area contributed by atoms with Gasteiger partial charge in [0, 0.05) is 12.1 Å². The van der Waals surface area contributed by atoms with Crippen LogP contribution >= 0.6 is 15.9 Å². The quantitative estimate of drug-likeness (QED) is 0.179. The van der Waals surface area contributed by atoms with E-state index in [1.807, 2.05) is 0 Å². The number of non-ortho nitro benzene ring substituents is 1. The van der Waals surface area contributed by atoms with Gasteiger partial charge in [0.2, 0.25) is 0 Å². The van der Waals surface area contributed by atoms with Gasteiger partial charge in [0.25, 0.3) is 5.69 Å². The van der Waals surface area contributed by atoms with Crippen LogP contribution in [-0.2, 0) is 6.61 Å². The molecule has 0 amide bonds. The van der Waals surface area contributed by atoms with Crippen LogP contribution in [0.1, 0.15) is 27.0 Å². The third-order valence-corrected chi connectivity index (χ3v) is 5.22. The van der Waals surface area contributed by atoms with Crippen molar-refractivity contribution in [1.82, 2.24) is 0 Å². The van der Waals surface area contributed by atoms with Crippen LogP contribution in [0.15, 0.2) is 65.1 Å². The van der Waals surface area contributed by atoms with Crippen molar-refractivity contribution in [2.45, 2.75) is 6.61 Å². The normalized spacial score (nSPS) is 10.9. The Kier molecular flexibility index (Phi) is 7.43. The minimum atomic E-state index is -1.02. The zero-order chi connectivity index (χ0) is 24.0. The Bertz CT molecular complexity index is 1280. The second kappa shape index (κ2) is 10.4. The zero-order valence-corrected chi connectivity index (χ0v) is 18.9. The number of nitriles is 1. The van der Waals surface area contributed by atoms with E-state index in [9.17, 15) is 20.2 Å². The number of benzene rings is 3. The second-order valence-electron chi connectivity index (χ2n) is 6.80. The lowest BCUT2D eigenvalue weighted by atomic mass is 10.0. The largest absolute Gasteiger partial charge is 0.493 e. The fraction of sp³-hybridized carbons (Fsp3) is 0.0833. The van der Waals surface area contributed by atoms with Crippen molar-refractivity contribution in [2.24, 2.45) is 0 Å². The first-order valence-electron chi connectivity index (χ1n) is 9.51. The molecule has 0 unspecified atom stereocenters. The van der Waals surface area contributed by atoms with Gasteiger partial charge in [-0.3, -0.25) is 10.1 Å². The predicted octanol–water partition coefficient (Wildman–Crippen LogP) is 5.71. The number of halogens is 1. The van der Waals surface area contributed by atoms with Crippen LogP contribution in [0.3, 0.4) is 0 Å². The van der Waals surface area contributed by atoms with E-state index in [0.29, 0.717) is 38.2 Å². The van der Waals surface area contributed by atoms with Crippen LogP contribution in [0.25, 0.3) is 11.6 Å². The molecule has 0 aromatic heterocycles. The number of hydrogen-bond acceptors (Lipinski definition) is 6. The van der Waals surface area contributed by atoms with Crippen molar-refractivity contribution < 1.29 is 24.3 Å². The maximum Gasteiger partial charge on any atom is 0.335 e. The number of carboxylic acid groups (broad SMARTS) is 1. The van der Waals surface area contributed by atoms with E-state index >= 15 is 0 Å². The fourth-order valence-corrected chi connectivity index (χ4v) is 3.60. The molecule has 0 aliphatic heterocycles. The number of nitrogens with zero attached hydrogens (tertiary/aromatic N) is 2. The van der Waals surface area contributed by atoms with Gasteiger partial charge < -0.3 is 14.6 Å². The second-order valence-corrected chi connectivity index (χ2v) is 7.66. The number of nitro benzene ring substituents is 1. The van der Waals surface area contributed by atoms with Crippen molar-refractivity contribution in [2.75, 3.05) is 7.11 Å². The van der Waals surface area contributed by atoms with Crippen LogP contribution < -0.4 is 9.47 Å².